The molecule has 5 aromatic rings. The predicted molar refractivity (Wildman–Crippen MR) is 132 cm³/mol. The third-order valence-corrected chi connectivity index (χ3v) is 6.30. The van der Waals surface area contributed by atoms with Crippen molar-refractivity contribution in [3.63, 3.8) is 0 Å². The number of benzene rings is 1. The minimum absolute atomic E-state index is 0.0978. The first-order valence-electron chi connectivity index (χ1n) is 11.4. The monoisotopic (exact) mass is 463 g/mol. The van der Waals surface area contributed by atoms with Gasteiger partial charge < -0.3 is 9.15 Å². The number of carbonyl (C=O) groups is 1. The zero-order valence-electron chi connectivity index (χ0n) is 19.0. The highest BCUT2D eigenvalue weighted by Gasteiger charge is 2.28. The van der Waals surface area contributed by atoms with E-state index in [2.05, 4.69) is 4.98 Å². The highest BCUT2D eigenvalue weighted by atomic mass is 16.5. The summed E-state index contributed by atoms with van der Waals surface area (Å²) in [5.74, 6) is 0.293. The summed E-state index contributed by atoms with van der Waals surface area (Å²) in [6.07, 6.45) is 6.71. The van der Waals surface area contributed by atoms with Gasteiger partial charge in [-0.05, 0) is 66.8 Å². The van der Waals surface area contributed by atoms with Gasteiger partial charge in [0.25, 0.3) is 5.56 Å². The Kier molecular flexibility index (Phi) is 5.03. The molecule has 0 fully saturated rings. The topological polar surface area (TPSA) is 86.7 Å². The van der Waals surface area contributed by atoms with Gasteiger partial charge in [0, 0.05) is 17.6 Å². The van der Waals surface area contributed by atoms with Crippen LogP contribution >= 0.6 is 0 Å². The normalized spacial score (nSPS) is 14.0. The van der Waals surface area contributed by atoms with Crippen LogP contribution in [0.2, 0.25) is 0 Å². The van der Waals surface area contributed by atoms with Crippen LogP contribution in [-0.2, 0) is 17.8 Å². The number of ether oxygens (including phenoxy) is 1. The van der Waals surface area contributed by atoms with Gasteiger partial charge in [0.15, 0.2) is 0 Å². The second-order valence-corrected chi connectivity index (χ2v) is 8.56. The first kappa shape index (κ1) is 21.0. The van der Waals surface area contributed by atoms with Gasteiger partial charge >= 0.3 is 5.97 Å². The smallest absolute Gasteiger partial charge is 0.339 e. The fourth-order valence-electron chi connectivity index (χ4n) is 4.65. The maximum atomic E-state index is 13.4. The van der Waals surface area contributed by atoms with Gasteiger partial charge in [-0.1, -0.05) is 24.3 Å². The van der Waals surface area contributed by atoms with E-state index in [1.165, 1.54) is 10.5 Å². The van der Waals surface area contributed by atoms with Gasteiger partial charge in [0.05, 0.1) is 28.7 Å². The summed E-state index contributed by atoms with van der Waals surface area (Å²) in [7, 11) is 0. The highest BCUT2D eigenvalue weighted by molar-refractivity contribution is 6.07. The van der Waals surface area contributed by atoms with E-state index in [1.54, 1.807) is 18.5 Å². The Bertz CT molecular complexity index is 1700. The Balaban J connectivity index is 1.38. The molecule has 6 rings (SSSR count). The Morgan fingerprint density at radius 1 is 1.11 bits per heavy atom. The van der Waals surface area contributed by atoms with E-state index in [-0.39, 0.29) is 12.2 Å². The molecule has 4 heterocycles. The molecule has 4 aromatic heterocycles. The number of fused-ring (bicyclic) bond motifs is 3. The lowest BCUT2D eigenvalue weighted by Crippen LogP contribution is -2.17. The van der Waals surface area contributed by atoms with Crippen molar-refractivity contribution < 1.29 is 13.9 Å². The molecule has 0 unspecified atom stereocenters. The molecule has 1 aromatic carbocycles. The summed E-state index contributed by atoms with van der Waals surface area (Å²) in [6, 6.07) is 16.4. The molecule has 0 atom stereocenters. The standard InChI is InChI=1S/C28H21N3O4/c1-17-6-4-12-31-24(32)15-19(29-27(17)31)16-35-28(33)25-21-8-2-3-9-23(21)30-26-18(10-11-22(25)26)14-20-7-5-13-34-20/h2-9,12-15H,10-11,16H2,1H3/b18-14+. The van der Waals surface area contributed by atoms with Crippen LogP contribution in [0.3, 0.4) is 0 Å². The van der Waals surface area contributed by atoms with Crippen LogP contribution in [0.15, 0.2) is 76.3 Å². The number of hydrogen-bond donors (Lipinski definition) is 0. The van der Waals surface area contributed by atoms with Crippen LogP contribution in [0.4, 0.5) is 0 Å². The number of aryl methyl sites for hydroxylation is 1. The molecule has 1 aliphatic carbocycles. The number of furan rings is 1. The predicted octanol–water partition coefficient (Wildman–Crippen LogP) is 4.99. The molecule has 7 nitrogen and oxygen atoms in total. The minimum atomic E-state index is -0.453. The molecule has 0 aliphatic heterocycles. The number of nitrogens with zero attached hydrogens (tertiary/aromatic N) is 3. The number of hydrogen-bond acceptors (Lipinski definition) is 6. The molecule has 0 saturated heterocycles. The second-order valence-electron chi connectivity index (χ2n) is 8.56. The molecular formula is C28H21N3O4. The number of pyridine rings is 2. The van der Waals surface area contributed by atoms with Crippen molar-refractivity contribution in [1.29, 1.82) is 0 Å². The number of para-hydroxylation sites is 1. The molecule has 0 bridgehead atoms. The molecule has 7 heteroatoms. The summed E-state index contributed by atoms with van der Waals surface area (Å²) < 4.78 is 12.7. The first-order valence-corrected chi connectivity index (χ1v) is 11.4. The van der Waals surface area contributed by atoms with Gasteiger partial charge in [0.2, 0.25) is 0 Å². The third-order valence-electron chi connectivity index (χ3n) is 6.30. The Morgan fingerprint density at radius 2 is 2.00 bits per heavy atom. The molecule has 0 amide bonds. The fourth-order valence-corrected chi connectivity index (χ4v) is 4.65. The van der Waals surface area contributed by atoms with Crippen LogP contribution in [0.1, 0.15) is 45.1 Å². The van der Waals surface area contributed by atoms with Crippen LogP contribution in [-0.4, -0.2) is 20.3 Å². The van der Waals surface area contributed by atoms with Crippen molar-refractivity contribution in [2.45, 2.75) is 26.4 Å². The van der Waals surface area contributed by atoms with Crippen LogP contribution in [0.25, 0.3) is 28.2 Å². The summed E-state index contributed by atoms with van der Waals surface area (Å²) in [5, 5.41) is 0.748. The van der Waals surface area contributed by atoms with E-state index in [9.17, 15) is 9.59 Å². The lowest BCUT2D eigenvalue weighted by Gasteiger charge is -2.12. The number of carbonyl (C=O) groups excluding carboxylic acids is 1. The van der Waals surface area contributed by atoms with E-state index < -0.39 is 5.97 Å². The fraction of sp³-hybridized carbons (Fsp3) is 0.143. The van der Waals surface area contributed by atoms with Crippen molar-refractivity contribution in [1.82, 2.24) is 14.4 Å². The lowest BCUT2D eigenvalue weighted by molar-refractivity contribution is 0.0469. The van der Waals surface area contributed by atoms with Crippen molar-refractivity contribution in [3.05, 3.63) is 111 Å². The maximum absolute atomic E-state index is 13.4. The van der Waals surface area contributed by atoms with Crippen LogP contribution in [0, 0.1) is 6.92 Å². The SMILES string of the molecule is Cc1cccn2c(=O)cc(COC(=O)c3c4c(nc5ccccc35)/C(=C/c3ccco3)CC4)nc12. The quantitative estimate of drug-likeness (QED) is 0.349. The van der Waals surface area contributed by atoms with Gasteiger partial charge in [-0.25, -0.2) is 14.8 Å². The van der Waals surface area contributed by atoms with Crippen LogP contribution in [0.5, 0.6) is 0 Å². The molecule has 35 heavy (non-hydrogen) atoms. The zero-order valence-corrected chi connectivity index (χ0v) is 19.0. The van der Waals surface area contributed by atoms with Gasteiger partial charge in [-0.3, -0.25) is 9.20 Å². The van der Waals surface area contributed by atoms with Crippen molar-refractivity contribution in [3.8, 4) is 0 Å². The average Bonchev–Trinajstić information content (AvgIpc) is 3.52. The van der Waals surface area contributed by atoms with Crippen molar-refractivity contribution >= 4 is 34.2 Å². The molecule has 172 valence electrons. The molecular weight excluding hydrogens is 442 g/mol. The number of rotatable bonds is 4. The Morgan fingerprint density at radius 3 is 2.86 bits per heavy atom. The second kappa shape index (κ2) is 8.36. The van der Waals surface area contributed by atoms with Crippen molar-refractivity contribution in [2.75, 3.05) is 0 Å². The average molecular weight is 463 g/mol. The molecule has 0 radical (unpaired) electrons. The van der Waals surface area contributed by atoms with E-state index in [0.717, 1.165) is 45.5 Å². The van der Waals surface area contributed by atoms with E-state index in [4.69, 9.17) is 14.1 Å². The molecule has 0 N–H and O–H groups in total. The largest absolute Gasteiger partial charge is 0.465 e. The summed E-state index contributed by atoms with van der Waals surface area (Å²) >= 11 is 0. The van der Waals surface area contributed by atoms with Gasteiger partial charge in [0.1, 0.15) is 18.0 Å². The zero-order chi connectivity index (χ0) is 23.9. The van der Waals surface area contributed by atoms with Crippen molar-refractivity contribution in [2.24, 2.45) is 0 Å². The van der Waals surface area contributed by atoms with Gasteiger partial charge in [-0.2, -0.15) is 0 Å². The van der Waals surface area contributed by atoms with E-state index in [1.807, 2.05) is 55.5 Å². The van der Waals surface area contributed by atoms with Crippen LogP contribution < -0.4 is 5.56 Å². The van der Waals surface area contributed by atoms with E-state index >= 15 is 0 Å². The molecule has 1 aliphatic rings. The summed E-state index contributed by atoms with van der Waals surface area (Å²) in [4.78, 5) is 35.4. The van der Waals surface area contributed by atoms with Gasteiger partial charge in [-0.15, -0.1) is 0 Å². The Labute approximate surface area is 200 Å². The highest BCUT2D eigenvalue weighted by Crippen LogP contribution is 2.37. The maximum Gasteiger partial charge on any atom is 0.339 e. The third kappa shape index (κ3) is 3.71. The summed E-state index contributed by atoms with van der Waals surface area (Å²) in [5.41, 5.74) is 5.54. The number of allylic oxidation sites excluding steroid dienone is 1. The lowest BCUT2D eigenvalue weighted by atomic mass is 10.0. The molecule has 0 spiro atoms. The minimum Gasteiger partial charge on any atom is -0.465 e. The number of aromatic nitrogens is 3. The number of esters is 1. The molecule has 0 saturated carbocycles. The Hall–Kier alpha value is -4.52. The first-order chi connectivity index (χ1) is 17.1. The van der Waals surface area contributed by atoms with E-state index in [0.29, 0.717) is 23.3 Å². The summed E-state index contributed by atoms with van der Waals surface area (Å²) in [6.45, 7) is 1.79.